The first-order valence-electron chi connectivity index (χ1n) is 6.69. The van der Waals surface area contributed by atoms with Gasteiger partial charge in [0.2, 0.25) is 0 Å². The van der Waals surface area contributed by atoms with Gasteiger partial charge in [-0.25, -0.2) is 0 Å². The maximum absolute atomic E-state index is 11.9. The Kier molecular flexibility index (Phi) is 6.74. The molecule has 0 fully saturated rings. The average Bonchev–Trinajstić information content (AvgIpc) is 2.33. The lowest BCUT2D eigenvalue weighted by Crippen LogP contribution is -2.11. The van der Waals surface area contributed by atoms with E-state index in [0.29, 0.717) is 32.7 Å². The lowest BCUT2D eigenvalue weighted by molar-refractivity contribution is -0.119. The van der Waals surface area contributed by atoms with Crippen LogP contribution in [0.2, 0.25) is 0 Å². The van der Waals surface area contributed by atoms with Crippen molar-refractivity contribution in [2.75, 3.05) is 26.9 Å². The molecule has 0 saturated carbocycles. The summed E-state index contributed by atoms with van der Waals surface area (Å²) in [6.45, 7) is 7.81. The summed E-state index contributed by atoms with van der Waals surface area (Å²) in [6, 6.07) is 4.26. The van der Waals surface area contributed by atoms with Gasteiger partial charge in [0.1, 0.15) is 5.78 Å². The summed E-state index contributed by atoms with van der Waals surface area (Å²) in [7, 11) is 1.64. The van der Waals surface area contributed by atoms with Crippen molar-refractivity contribution in [1.82, 2.24) is 0 Å². The molecular weight excluding hydrogens is 240 g/mol. The van der Waals surface area contributed by atoms with Gasteiger partial charge in [-0.15, -0.1) is 0 Å². The Morgan fingerprint density at radius 3 is 2.26 bits per heavy atom. The van der Waals surface area contributed by atoms with E-state index in [-0.39, 0.29) is 5.78 Å². The Labute approximate surface area is 115 Å². The highest BCUT2D eigenvalue weighted by Gasteiger charge is 2.09. The van der Waals surface area contributed by atoms with Gasteiger partial charge in [0.15, 0.2) is 0 Å². The number of methoxy groups -OCH3 is 1. The normalized spacial score (nSPS) is 10.7. The Hall–Kier alpha value is -1.19. The van der Waals surface area contributed by atoms with Crippen LogP contribution >= 0.6 is 0 Å². The summed E-state index contributed by atoms with van der Waals surface area (Å²) in [6.07, 6.45) is 0.974. The Morgan fingerprint density at radius 1 is 1.05 bits per heavy atom. The molecule has 0 aliphatic rings. The number of hydrogen-bond acceptors (Lipinski definition) is 3. The first-order valence-corrected chi connectivity index (χ1v) is 6.69. The third-order valence-corrected chi connectivity index (χ3v) is 3.17. The van der Waals surface area contributed by atoms with Gasteiger partial charge in [0, 0.05) is 20.0 Å². The van der Waals surface area contributed by atoms with Crippen LogP contribution in [0.3, 0.4) is 0 Å². The van der Waals surface area contributed by atoms with Gasteiger partial charge >= 0.3 is 0 Å². The third-order valence-electron chi connectivity index (χ3n) is 3.17. The van der Waals surface area contributed by atoms with Crippen molar-refractivity contribution >= 4 is 5.78 Å². The van der Waals surface area contributed by atoms with Crippen molar-refractivity contribution in [2.24, 2.45) is 0 Å². The minimum atomic E-state index is 0.229. The van der Waals surface area contributed by atoms with Crippen LogP contribution in [0.15, 0.2) is 12.1 Å². The quantitative estimate of drug-likeness (QED) is 0.677. The van der Waals surface area contributed by atoms with Crippen molar-refractivity contribution in [2.45, 2.75) is 33.6 Å². The predicted octanol–water partition coefficient (Wildman–Crippen LogP) is 2.78. The number of carbonyl (C=O) groups excluding carboxylic acids is 1. The van der Waals surface area contributed by atoms with Crippen LogP contribution in [-0.4, -0.2) is 32.7 Å². The second kappa shape index (κ2) is 8.08. The summed E-state index contributed by atoms with van der Waals surface area (Å²) < 4.78 is 10.2. The molecule has 0 aliphatic carbocycles. The number of carbonyl (C=O) groups is 1. The molecule has 1 rings (SSSR count). The topological polar surface area (TPSA) is 35.5 Å². The summed E-state index contributed by atoms with van der Waals surface area (Å²) in [5.41, 5.74) is 4.80. The minimum Gasteiger partial charge on any atom is -0.382 e. The third kappa shape index (κ3) is 5.53. The van der Waals surface area contributed by atoms with Crippen molar-refractivity contribution < 1.29 is 14.3 Å². The van der Waals surface area contributed by atoms with Gasteiger partial charge in [0.05, 0.1) is 19.8 Å². The van der Waals surface area contributed by atoms with Crippen LogP contribution in [-0.2, 0) is 20.7 Å². The summed E-state index contributed by atoms with van der Waals surface area (Å²) in [4.78, 5) is 11.9. The van der Waals surface area contributed by atoms with E-state index in [4.69, 9.17) is 9.47 Å². The molecule has 1 aromatic carbocycles. The van der Waals surface area contributed by atoms with E-state index in [1.165, 1.54) is 16.7 Å². The number of ether oxygens (including phenoxy) is 2. The maximum atomic E-state index is 11.9. The minimum absolute atomic E-state index is 0.229. The fraction of sp³-hybridized carbons (Fsp3) is 0.562. The van der Waals surface area contributed by atoms with Crippen LogP contribution in [0.25, 0.3) is 0 Å². The summed E-state index contributed by atoms with van der Waals surface area (Å²) >= 11 is 0. The highest BCUT2D eigenvalue weighted by Crippen LogP contribution is 2.17. The monoisotopic (exact) mass is 264 g/mol. The molecule has 0 bridgehead atoms. The second-order valence-electron chi connectivity index (χ2n) is 4.95. The fourth-order valence-electron chi connectivity index (χ4n) is 2.20. The number of aryl methyl sites for hydroxylation is 3. The molecule has 0 saturated heterocycles. The molecule has 0 aromatic heterocycles. The van der Waals surface area contributed by atoms with Crippen LogP contribution in [0, 0.1) is 20.8 Å². The van der Waals surface area contributed by atoms with E-state index in [1.54, 1.807) is 7.11 Å². The highest BCUT2D eigenvalue weighted by atomic mass is 16.5. The van der Waals surface area contributed by atoms with Crippen molar-refractivity contribution in [3.63, 3.8) is 0 Å². The van der Waals surface area contributed by atoms with E-state index >= 15 is 0 Å². The number of benzene rings is 1. The molecule has 19 heavy (non-hydrogen) atoms. The van der Waals surface area contributed by atoms with Crippen molar-refractivity contribution in [1.29, 1.82) is 0 Å². The molecule has 0 N–H and O–H groups in total. The van der Waals surface area contributed by atoms with Gasteiger partial charge in [-0.1, -0.05) is 17.7 Å². The predicted molar refractivity (Wildman–Crippen MR) is 76.7 cm³/mol. The van der Waals surface area contributed by atoms with E-state index in [9.17, 15) is 4.79 Å². The Balaban J connectivity index is 2.44. The number of Topliss-reactive ketones (excluding diaryl/α,β-unsaturated/α-hetero) is 1. The fourth-order valence-corrected chi connectivity index (χ4v) is 2.20. The van der Waals surface area contributed by atoms with Crippen LogP contribution in [0.5, 0.6) is 0 Å². The van der Waals surface area contributed by atoms with Crippen LogP contribution < -0.4 is 0 Å². The van der Waals surface area contributed by atoms with Crippen molar-refractivity contribution in [3.05, 3.63) is 34.4 Å². The molecule has 0 unspecified atom stereocenters. The smallest absolute Gasteiger partial charge is 0.139 e. The average molecular weight is 264 g/mol. The molecule has 0 aliphatic heterocycles. The molecule has 0 amide bonds. The summed E-state index contributed by atoms with van der Waals surface area (Å²) in [5.74, 6) is 0.229. The molecule has 0 spiro atoms. The molecular formula is C16H24O3. The lowest BCUT2D eigenvalue weighted by Gasteiger charge is -2.11. The van der Waals surface area contributed by atoms with Gasteiger partial charge in [-0.2, -0.15) is 0 Å². The lowest BCUT2D eigenvalue weighted by atomic mass is 9.95. The molecule has 1 aromatic rings. The first-order chi connectivity index (χ1) is 9.04. The molecule has 106 valence electrons. The van der Waals surface area contributed by atoms with Crippen molar-refractivity contribution in [3.8, 4) is 0 Å². The van der Waals surface area contributed by atoms with Gasteiger partial charge < -0.3 is 9.47 Å². The number of ketones is 1. The molecule has 0 radical (unpaired) electrons. The zero-order valence-corrected chi connectivity index (χ0v) is 12.4. The Morgan fingerprint density at radius 2 is 1.68 bits per heavy atom. The van der Waals surface area contributed by atoms with Gasteiger partial charge in [-0.3, -0.25) is 4.79 Å². The molecule has 3 heteroatoms. The maximum Gasteiger partial charge on any atom is 0.139 e. The zero-order valence-electron chi connectivity index (χ0n) is 12.4. The van der Waals surface area contributed by atoms with Gasteiger partial charge in [0.25, 0.3) is 0 Å². The molecule has 0 heterocycles. The van der Waals surface area contributed by atoms with Crippen LogP contribution in [0.4, 0.5) is 0 Å². The van der Waals surface area contributed by atoms with E-state index in [2.05, 4.69) is 32.9 Å². The zero-order chi connectivity index (χ0) is 14.3. The largest absolute Gasteiger partial charge is 0.382 e. The highest BCUT2D eigenvalue weighted by molar-refractivity contribution is 5.81. The molecule has 0 atom stereocenters. The van der Waals surface area contributed by atoms with E-state index in [1.807, 2.05) is 0 Å². The van der Waals surface area contributed by atoms with E-state index < -0.39 is 0 Å². The Bertz CT molecular complexity index is 401. The van der Waals surface area contributed by atoms with Gasteiger partial charge in [-0.05, 0) is 37.5 Å². The SMILES string of the molecule is COCCOCCC(=O)Cc1c(C)cc(C)cc1C. The summed E-state index contributed by atoms with van der Waals surface area (Å²) in [5, 5.41) is 0. The number of rotatable bonds is 8. The second-order valence-corrected chi connectivity index (χ2v) is 4.95. The first kappa shape index (κ1) is 15.9. The van der Waals surface area contributed by atoms with Crippen LogP contribution in [0.1, 0.15) is 28.7 Å². The molecule has 3 nitrogen and oxygen atoms in total. The standard InChI is InChI=1S/C16H24O3/c1-12-9-13(2)16(14(3)10-12)11-15(17)5-6-19-8-7-18-4/h9-10H,5-8,11H2,1-4H3. The van der Waals surface area contributed by atoms with E-state index in [0.717, 1.165) is 5.56 Å². The number of hydrogen-bond donors (Lipinski definition) is 0.